The molecule has 0 unspecified atom stereocenters. The Bertz CT molecular complexity index is 1190. The molecule has 2 aromatic rings. The molecule has 1 amide bonds. The number of hydrogen-bond donors (Lipinski definition) is 0. The number of hydrogen-bond acceptors (Lipinski definition) is 10. The Balaban J connectivity index is 1.61. The molecule has 5 atom stereocenters. The van der Waals surface area contributed by atoms with E-state index in [9.17, 15) is 9.59 Å². The van der Waals surface area contributed by atoms with Gasteiger partial charge in [-0.15, -0.1) is 0 Å². The summed E-state index contributed by atoms with van der Waals surface area (Å²) in [5.74, 6) is 0.923. The highest BCUT2D eigenvalue weighted by Gasteiger charge is 2.55. The number of fused-ring (bicyclic) bond motifs is 4. The van der Waals surface area contributed by atoms with Crippen LogP contribution in [-0.4, -0.2) is 82.8 Å². The van der Waals surface area contributed by atoms with Crippen LogP contribution in [0.5, 0.6) is 17.2 Å². The van der Waals surface area contributed by atoms with E-state index in [0.717, 1.165) is 16.9 Å². The largest absolute Gasteiger partial charge is 0.497 e. The van der Waals surface area contributed by atoms with Crippen molar-refractivity contribution in [3.8, 4) is 17.2 Å². The fraction of sp³-hybridized carbons (Fsp3) is 0.500. The molecular weight excluding hydrogens is 510 g/mol. The van der Waals surface area contributed by atoms with Crippen LogP contribution in [-0.2, 0) is 35.0 Å². The maximum Gasteiger partial charge on any atom is 0.302 e. The normalized spacial score (nSPS) is 25.2. The minimum atomic E-state index is -0.716. The summed E-state index contributed by atoms with van der Waals surface area (Å²) in [7, 11) is 4.64. The Morgan fingerprint density at radius 3 is 2.28 bits per heavy atom. The standard InChI is InChI=1S/C28H33NO10/c1-16(30)39-24-10-20-19-9-22-23(36-15-35-22)11-21(19)28(31)29(12-17-5-7-18(34-4)8-6-17)25(20)27(38-14-33-3)26(24)37-13-32-2/h5-9,11,20,24-27H,10,12-15H2,1-4H3/t20-,24+,25-,26-,27+/m1/s1. The maximum absolute atomic E-state index is 14.2. The van der Waals surface area contributed by atoms with Gasteiger partial charge < -0.3 is 42.8 Å². The molecule has 0 radical (unpaired) electrons. The molecule has 0 aromatic heterocycles. The van der Waals surface area contributed by atoms with Crippen LogP contribution in [0.3, 0.4) is 0 Å². The van der Waals surface area contributed by atoms with Gasteiger partial charge >= 0.3 is 5.97 Å². The molecule has 2 aromatic carbocycles. The fourth-order valence-corrected chi connectivity index (χ4v) is 5.73. The first kappa shape index (κ1) is 27.2. The third-order valence-electron chi connectivity index (χ3n) is 7.31. The van der Waals surface area contributed by atoms with Gasteiger partial charge in [0.15, 0.2) is 11.5 Å². The summed E-state index contributed by atoms with van der Waals surface area (Å²) in [5.41, 5.74) is 2.21. The van der Waals surface area contributed by atoms with Crippen molar-refractivity contribution in [3.63, 3.8) is 0 Å². The predicted octanol–water partition coefficient (Wildman–Crippen LogP) is 2.85. The Hall–Kier alpha value is -3.38. The lowest BCUT2D eigenvalue weighted by molar-refractivity contribution is -0.225. The summed E-state index contributed by atoms with van der Waals surface area (Å²) in [4.78, 5) is 28.1. The lowest BCUT2D eigenvalue weighted by Crippen LogP contribution is -2.64. The number of carbonyl (C=O) groups is 2. The summed E-state index contributed by atoms with van der Waals surface area (Å²) in [6, 6.07) is 10.7. The summed E-state index contributed by atoms with van der Waals surface area (Å²) in [6.45, 7) is 1.65. The average molecular weight is 544 g/mol. The summed E-state index contributed by atoms with van der Waals surface area (Å²) < 4.78 is 45.0. The zero-order valence-corrected chi connectivity index (χ0v) is 22.4. The molecule has 11 nitrogen and oxygen atoms in total. The third kappa shape index (κ3) is 5.40. The molecule has 0 bridgehead atoms. The monoisotopic (exact) mass is 543 g/mol. The number of amides is 1. The van der Waals surface area contributed by atoms with Crippen LogP contribution in [0.2, 0.25) is 0 Å². The van der Waals surface area contributed by atoms with E-state index in [-0.39, 0.29) is 32.2 Å². The average Bonchev–Trinajstić information content (AvgIpc) is 3.40. The van der Waals surface area contributed by atoms with Crippen LogP contribution in [0.25, 0.3) is 0 Å². The lowest BCUT2D eigenvalue weighted by Gasteiger charge is -2.52. The fourth-order valence-electron chi connectivity index (χ4n) is 5.73. The Labute approximate surface area is 226 Å². The third-order valence-corrected chi connectivity index (χ3v) is 7.31. The molecule has 3 aliphatic rings. The van der Waals surface area contributed by atoms with Crippen molar-refractivity contribution in [1.82, 2.24) is 4.90 Å². The highest BCUT2D eigenvalue weighted by Crippen LogP contribution is 2.48. The van der Waals surface area contributed by atoms with Gasteiger partial charge in [-0.3, -0.25) is 9.59 Å². The van der Waals surface area contributed by atoms with Crippen LogP contribution in [0.15, 0.2) is 36.4 Å². The van der Waals surface area contributed by atoms with E-state index in [4.69, 9.17) is 37.9 Å². The smallest absolute Gasteiger partial charge is 0.302 e. The van der Waals surface area contributed by atoms with Gasteiger partial charge in [-0.25, -0.2) is 0 Å². The first-order valence-electron chi connectivity index (χ1n) is 12.7. The number of methoxy groups -OCH3 is 3. The Kier molecular flexibility index (Phi) is 8.22. The van der Waals surface area contributed by atoms with E-state index in [0.29, 0.717) is 30.0 Å². The first-order chi connectivity index (χ1) is 18.9. The van der Waals surface area contributed by atoms with E-state index >= 15 is 0 Å². The van der Waals surface area contributed by atoms with Crippen molar-refractivity contribution >= 4 is 11.9 Å². The summed E-state index contributed by atoms with van der Waals surface area (Å²) in [5, 5.41) is 0. The molecular formula is C28H33NO10. The summed E-state index contributed by atoms with van der Waals surface area (Å²) in [6.07, 6.45) is -1.68. The molecule has 5 rings (SSSR count). The van der Waals surface area contributed by atoms with Gasteiger partial charge in [0.05, 0.1) is 13.2 Å². The highest BCUT2D eigenvalue weighted by atomic mass is 16.7. The van der Waals surface area contributed by atoms with Gasteiger partial charge in [-0.1, -0.05) is 12.1 Å². The van der Waals surface area contributed by atoms with E-state index in [1.807, 2.05) is 30.3 Å². The van der Waals surface area contributed by atoms with Crippen LogP contribution in [0.4, 0.5) is 0 Å². The molecule has 0 spiro atoms. The van der Waals surface area contributed by atoms with Crippen LogP contribution < -0.4 is 14.2 Å². The lowest BCUT2D eigenvalue weighted by atomic mass is 9.70. The van der Waals surface area contributed by atoms with Crippen molar-refractivity contribution in [2.24, 2.45) is 0 Å². The van der Waals surface area contributed by atoms with Crippen LogP contribution >= 0.6 is 0 Å². The van der Waals surface area contributed by atoms with Crippen molar-refractivity contribution in [3.05, 3.63) is 53.1 Å². The van der Waals surface area contributed by atoms with Crippen molar-refractivity contribution in [2.75, 3.05) is 41.7 Å². The Morgan fingerprint density at radius 2 is 1.64 bits per heavy atom. The van der Waals surface area contributed by atoms with Crippen molar-refractivity contribution < 1.29 is 47.5 Å². The van der Waals surface area contributed by atoms with Crippen molar-refractivity contribution in [2.45, 2.75) is 50.2 Å². The zero-order valence-electron chi connectivity index (χ0n) is 22.4. The molecule has 0 saturated heterocycles. The molecule has 2 aliphatic heterocycles. The molecule has 1 fully saturated rings. The topological polar surface area (TPSA) is 111 Å². The molecule has 1 aliphatic carbocycles. The van der Waals surface area contributed by atoms with Gasteiger partial charge in [-0.05, 0) is 41.8 Å². The number of rotatable bonds is 10. The quantitative estimate of drug-likeness (QED) is 0.328. The molecule has 0 N–H and O–H groups in total. The minimum absolute atomic E-state index is 0.0473. The molecule has 39 heavy (non-hydrogen) atoms. The molecule has 11 heteroatoms. The van der Waals surface area contributed by atoms with Crippen molar-refractivity contribution in [1.29, 1.82) is 0 Å². The first-order valence-corrected chi connectivity index (χ1v) is 12.7. The maximum atomic E-state index is 14.2. The number of ether oxygens (including phenoxy) is 8. The highest BCUT2D eigenvalue weighted by molar-refractivity contribution is 5.98. The second-order valence-corrected chi connectivity index (χ2v) is 9.63. The number of benzene rings is 2. The number of esters is 1. The van der Waals surface area contributed by atoms with Gasteiger partial charge in [0.2, 0.25) is 6.79 Å². The number of nitrogens with zero attached hydrogens (tertiary/aromatic N) is 1. The van der Waals surface area contributed by atoms with E-state index in [1.165, 1.54) is 21.1 Å². The summed E-state index contributed by atoms with van der Waals surface area (Å²) >= 11 is 0. The van der Waals surface area contributed by atoms with Gasteiger partial charge in [-0.2, -0.15) is 0 Å². The SMILES string of the molecule is COCO[C@@H]1[C@H](OCOC)[C@@H](OC(C)=O)C[C@@H]2c3cc4c(cc3C(=O)N(Cc3ccc(OC)cc3)[C@@H]12)OCO4. The predicted molar refractivity (Wildman–Crippen MR) is 136 cm³/mol. The van der Waals surface area contributed by atoms with Gasteiger partial charge in [0, 0.05) is 39.2 Å². The van der Waals surface area contributed by atoms with Crippen LogP contribution in [0.1, 0.15) is 40.7 Å². The minimum Gasteiger partial charge on any atom is -0.497 e. The number of carbonyl (C=O) groups excluding carboxylic acids is 2. The zero-order chi connectivity index (χ0) is 27.5. The Morgan fingerprint density at radius 1 is 0.974 bits per heavy atom. The second-order valence-electron chi connectivity index (χ2n) is 9.63. The van der Waals surface area contributed by atoms with E-state index in [2.05, 4.69) is 0 Å². The molecule has 1 saturated carbocycles. The second kappa shape index (κ2) is 11.8. The van der Waals surface area contributed by atoms with E-state index in [1.54, 1.807) is 18.1 Å². The van der Waals surface area contributed by atoms with E-state index < -0.39 is 30.3 Å². The van der Waals surface area contributed by atoms with Crippen LogP contribution in [0, 0.1) is 0 Å². The van der Waals surface area contributed by atoms with Gasteiger partial charge in [0.25, 0.3) is 5.91 Å². The van der Waals surface area contributed by atoms with Gasteiger partial charge in [0.1, 0.15) is 37.6 Å². The molecule has 210 valence electrons. The molecule has 2 heterocycles.